The van der Waals surface area contributed by atoms with E-state index in [1.807, 2.05) is 12.1 Å². The van der Waals surface area contributed by atoms with Crippen LogP contribution in [0.5, 0.6) is 5.75 Å². The van der Waals surface area contributed by atoms with Gasteiger partial charge in [0.25, 0.3) is 0 Å². The van der Waals surface area contributed by atoms with E-state index in [0.717, 1.165) is 23.1 Å². The van der Waals surface area contributed by atoms with Gasteiger partial charge in [-0.3, -0.25) is 9.78 Å². The SMILES string of the molecule is O=C(c1cncc(Br)c1)c1cccc(OC2CC2)c1. The largest absolute Gasteiger partial charge is 0.490 e. The first kappa shape index (κ1) is 12.4. The summed E-state index contributed by atoms with van der Waals surface area (Å²) in [6.45, 7) is 0. The van der Waals surface area contributed by atoms with Gasteiger partial charge in [-0.1, -0.05) is 12.1 Å². The first-order valence-corrected chi connectivity index (χ1v) is 6.93. The van der Waals surface area contributed by atoms with Gasteiger partial charge in [0.1, 0.15) is 5.75 Å². The van der Waals surface area contributed by atoms with Gasteiger partial charge in [0.2, 0.25) is 0 Å². The van der Waals surface area contributed by atoms with Gasteiger partial charge in [0, 0.05) is 28.0 Å². The second-order valence-electron chi connectivity index (χ2n) is 4.57. The highest BCUT2D eigenvalue weighted by Gasteiger charge is 2.23. The van der Waals surface area contributed by atoms with Crippen molar-refractivity contribution in [3.8, 4) is 5.75 Å². The van der Waals surface area contributed by atoms with Crippen LogP contribution in [0, 0.1) is 0 Å². The minimum Gasteiger partial charge on any atom is -0.490 e. The lowest BCUT2D eigenvalue weighted by atomic mass is 10.1. The number of ketones is 1. The zero-order valence-corrected chi connectivity index (χ0v) is 11.8. The number of hydrogen-bond donors (Lipinski definition) is 0. The van der Waals surface area contributed by atoms with E-state index in [1.54, 1.807) is 30.6 Å². The van der Waals surface area contributed by atoms with Crippen LogP contribution < -0.4 is 4.74 Å². The predicted octanol–water partition coefficient (Wildman–Crippen LogP) is 3.62. The summed E-state index contributed by atoms with van der Waals surface area (Å²) in [5, 5.41) is 0. The van der Waals surface area contributed by atoms with E-state index in [1.165, 1.54) is 0 Å². The normalized spacial score (nSPS) is 14.2. The van der Waals surface area contributed by atoms with Gasteiger partial charge in [-0.15, -0.1) is 0 Å². The summed E-state index contributed by atoms with van der Waals surface area (Å²) in [5.74, 6) is 0.714. The van der Waals surface area contributed by atoms with Gasteiger partial charge in [-0.05, 0) is 47.0 Å². The van der Waals surface area contributed by atoms with E-state index in [4.69, 9.17) is 4.74 Å². The molecule has 0 N–H and O–H groups in total. The van der Waals surface area contributed by atoms with Gasteiger partial charge in [-0.25, -0.2) is 0 Å². The maximum atomic E-state index is 12.3. The Balaban J connectivity index is 1.86. The molecule has 3 rings (SSSR count). The lowest BCUT2D eigenvalue weighted by Crippen LogP contribution is -2.03. The summed E-state index contributed by atoms with van der Waals surface area (Å²) in [7, 11) is 0. The summed E-state index contributed by atoms with van der Waals surface area (Å²) in [6.07, 6.45) is 5.77. The molecule has 0 unspecified atom stereocenters. The molecule has 96 valence electrons. The fourth-order valence-electron chi connectivity index (χ4n) is 1.79. The minimum atomic E-state index is -0.0463. The number of aromatic nitrogens is 1. The van der Waals surface area contributed by atoms with Crippen molar-refractivity contribution in [3.63, 3.8) is 0 Å². The molecule has 0 spiro atoms. The van der Waals surface area contributed by atoms with Crippen LogP contribution in [0.15, 0.2) is 47.2 Å². The average molecular weight is 318 g/mol. The molecule has 0 saturated heterocycles. The van der Waals surface area contributed by atoms with Crippen molar-refractivity contribution >= 4 is 21.7 Å². The van der Waals surface area contributed by atoms with Crippen LogP contribution in [0.4, 0.5) is 0 Å². The molecule has 2 aromatic rings. The Labute approximate surface area is 119 Å². The molecule has 0 atom stereocenters. The van der Waals surface area contributed by atoms with Gasteiger partial charge < -0.3 is 4.74 Å². The zero-order chi connectivity index (χ0) is 13.2. The third-order valence-electron chi connectivity index (χ3n) is 2.89. The van der Waals surface area contributed by atoms with Crippen LogP contribution in [-0.4, -0.2) is 16.9 Å². The summed E-state index contributed by atoms with van der Waals surface area (Å²) in [4.78, 5) is 16.3. The second kappa shape index (κ2) is 5.13. The Morgan fingerprint density at radius 1 is 1.21 bits per heavy atom. The number of carbonyl (C=O) groups is 1. The third-order valence-corrected chi connectivity index (χ3v) is 3.32. The zero-order valence-electron chi connectivity index (χ0n) is 10.2. The Morgan fingerprint density at radius 2 is 2.05 bits per heavy atom. The fraction of sp³-hybridized carbons (Fsp3) is 0.200. The number of carbonyl (C=O) groups excluding carboxylic acids is 1. The van der Waals surface area contributed by atoms with Crippen molar-refractivity contribution in [3.05, 3.63) is 58.3 Å². The third kappa shape index (κ3) is 3.01. The quantitative estimate of drug-likeness (QED) is 0.808. The lowest BCUT2D eigenvalue weighted by molar-refractivity contribution is 0.103. The Morgan fingerprint density at radius 3 is 2.79 bits per heavy atom. The first-order valence-electron chi connectivity index (χ1n) is 6.14. The molecule has 0 aliphatic heterocycles. The topological polar surface area (TPSA) is 39.2 Å². The van der Waals surface area contributed by atoms with E-state index in [9.17, 15) is 4.79 Å². The molecule has 1 fully saturated rings. The molecule has 3 nitrogen and oxygen atoms in total. The van der Waals surface area contributed by atoms with Crippen molar-refractivity contribution in [2.45, 2.75) is 18.9 Å². The molecule has 1 aliphatic carbocycles. The number of rotatable bonds is 4. The molecular formula is C15H12BrNO2. The van der Waals surface area contributed by atoms with Crippen molar-refractivity contribution in [1.82, 2.24) is 4.98 Å². The predicted molar refractivity (Wildman–Crippen MR) is 75.5 cm³/mol. The summed E-state index contributed by atoms with van der Waals surface area (Å²) < 4.78 is 6.49. The highest BCUT2D eigenvalue weighted by Crippen LogP contribution is 2.27. The summed E-state index contributed by atoms with van der Waals surface area (Å²) in [5.41, 5.74) is 1.19. The van der Waals surface area contributed by atoms with Crippen LogP contribution in [0.25, 0.3) is 0 Å². The Kier molecular flexibility index (Phi) is 3.34. The van der Waals surface area contributed by atoms with Crippen LogP contribution in [-0.2, 0) is 0 Å². The van der Waals surface area contributed by atoms with Crippen LogP contribution in [0.3, 0.4) is 0 Å². The highest BCUT2D eigenvalue weighted by molar-refractivity contribution is 9.10. The summed E-state index contributed by atoms with van der Waals surface area (Å²) in [6, 6.07) is 9.08. The molecular weight excluding hydrogens is 306 g/mol. The molecule has 1 aliphatic rings. The van der Waals surface area contributed by atoms with E-state index >= 15 is 0 Å². The number of pyridine rings is 1. The molecule has 19 heavy (non-hydrogen) atoms. The van der Waals surface area contributed by atoms with Gasteiger partial charge in [-0.2, -0.15) is 0 Å². The maximum absolute atomic E-state index is 12.3. The smallest absolute Gasteiger partial charge is 0.194 e. The van der Waals surface area contributed by atoms with Crippen LogP contribution >= 0.6 is 15.9 Å². The Hall–Kier alpha value is -1.68. The lowest BCUT2D eigenvalue weighted by Gasteiger charge is -2.06. The molecule has 0 bridgehead atoms. The molecule has 1 saturated carbocycles. The van der Waals surface area contributed by atoms with Crippen molar-refractivity contribution in [1.29, 1.82) is 0 Å². The molecule has 4 heteroatoms. The first-order chi connectivity index (χ1) is 9.22. The fourth-order valence-corrected chi connectivity index (χ4v) is 2.16. The van der Waals surface area contributed by atoms with Gasteiger partial charge in [0.15, 0.2) is 5.78 Å². The van der Waals surface area contributed by atoms with E-state index < -0.39 is 0 Å². The van der Waals surface area contributed by atoms with Gasteiger partial charge >= 0.3 is 0 Å². The number of halogens is 1. The number of nitrogens with zero attached hydrogens (tertiary/aromatic N) is 1. The second-order valence-corrected chi connectivity index (χ2v) is 5.48. The van der Waals surface area contributed by atoms with Crippen molar-refractivity contribution < 1.29 is 9.53 Å². The monoisotopic (exact) mass is 317 g/mol. The molecule has 1 aromatic heterocycles. The number of hydrogen-bond acceptors (Lipinski definition) is 3. The van der Waals surface area contributed by atoms with E-state index in [-0.39, 0.29) is 5.78 Å². The molecule has 1 heterocycles. The average Bonchev–Trinajstić information content (AvgIpc) is 3.22. The number of benzene rings is 1. The van der Waals surface area contributed by atoms with Crippen molar-refractivity contribution in [2.75, 3.05) is 0 Å². The molecule has 0 radical (unpaired) electrons. The Bertz CT molecular complexity index is 623. The van der Waals surface area contributed by atoms with Gasteiger partial charge in [0.05, 0.1) is 6.10 Å². The summed E-state index contributed by atoms with van der Waals surface area (Å²) >= 11 is 3.32. The van der Waals surface area contributed by atoms with Crippen molar-refractivity contribution in [2.24, 2.45) is 0 Å². The molecule has 1 aromatic carbocycles. The van der Waals surface area contributed by atoms with Crippen LogP contribution in [0.1, 0.15) is 28.8 Å². The maximum Gasteiger partial charge on any atom is 0.194 e. The highest BCUT2D eigenvalue weighted by atomic mass is 79.9. The standard InChI is InChI=1S/C15H12BrNO2/c16-12-6-11(8-17-9-12)15(18)10-2-1-3-14(7-10)19-13-4-5-13/h1-3,6-9,13H,4-5H2. The van der Waals surface area contributed by atoms with E-state index in [2.05, 4.69) is 20.9 Å². The molecule has 0 amide bonds. The van der Waals surface area contributed by atoms with E-state index in [0.29, 0.717) is 17.2 Å². The van der Waals surface area contributed by atoms with Crippen LogP contribution in [0.2, 0.25) is 0 Å². The minimum absolute atomic E-state index is 0.0463. The number of ether oxygens (including phenoxy) is 1.